The van der Waals surface area contributed by atoms with Crippen molar-refractivity contribution in [1.82, 2.24) is 10.2 Å². The maximum atomic E-state index is 13.1. The molecule has 0 aliphatic heterocycles. The third kappa shape index (κ3) is 7.46. The molecule has 9 heteroatoms. The summed E-state index contributed by atoms with van der Waals surface area (Å²) in [7, 11) is 0. The zero-order chi connectivity index (χ0) is 23.0. The molecule has 0 aliphatic carbocycles. The summed E-state index contributed by atoms with van der Waals surface area (Å²) < 4.78 is 5.61. The summed E-state index contributed by atoms with van der Waals surface area (Å²) in [5.41, 5.74) is 0.744. The normalized spacial score (nSPS) is 11.7. The highest BCUT2D eigenvalue weighted by atomic mass is 35.5. The highest BCUT2D eigenvalue weighted by molar-refractivity contribution is 6.42. The van der Waals surface area contributed by atoms with Crippen LogP contribution in [0.1, 0.15) is 32.3 Å². The number of hydrogen-bond acceptors (Lipinski definition) is 3. The Kier molecular flexibility index (Phi) is 10.2. The topological polar surface area (TPSA) is 58.6 Å². The van der Waals surface area contributed by atoms with E-state index in [1.165, 1.54) is 11.0 Å². The summed E-state index contributed by atoms with van der Waals surface area (Å²) >= 11 is 24.2. The first kappa shape index (κ1) is 25.6. The number of rotatable bonds is 10. The Morgan fingerprint density at radius 2 is 1.74 bits per heavy atom. The van der Waals surface area contributed by atoms with Crippen LogP contribution in [-0.4, -0.2) is 35.9 Å². The summed E-state index contributed by atoms with van der Waals surface area (Å²) in [6.45, 7) is 4.22. The van der Waals surface area contributed by atoms with Gasteiger partial charge in [0.05, 0.1) is 15.1 Å². The van der Waals surface area contributed by atoms with Crippen LogP contribution in [0.5, 0.6) is 5.75 Å². The van der Waals surface area contributed by atoms with Gasteiger partial charge in [-0.1, -0.05) is 66.3 Å². The first-order valence-corrected chi connectivity index (χ1v) is 11.4. The van der Waals surface area contributed by atoms with Gasteiger partial charge in [0.2, 0.25) is 5.91 Å². The van der Waals surface area contributed by atoms with Gasteiger partial charge in [0.25, 0.3) is 5.91 Å². The van der Waals surface area contributed by atoms with E-state index in [2.05, 4.69) is 5.32 Å². The van der Waals surface area contributed by atoms with Crippen LogP contribution in [0, 0.1) is 0 Å². The first-order valence-electron chi connectivity index (χ1n) is 9.85. The highest BCUT2D eigenvalue weighted by Crippen LogP contribution is 2.28. The van der Waals surface area contributed by atoms with Crippen LogP contribution < -0.4 is 10.1 Å². The molecule has 2 amide bonds. The number of nitrogens with zero attached hydrogens (tertiary/aromatic N) is 1. The molecule has 0 aliphatic rings. The number of nitrogens with one attached hydrogen (secondary N) is 1. The van der Waals surface area contributed by atoms with Gasteiger partial charge >= 0.3 is 0 Å². The van der Waals surface area contributed by atoms with E-state index in [0.717, 1.165) is 12.0 Å². The Morgan fingerprint density at radius 3 is 2.35 bits per heavy atom. The molecule has 0 saturated heterocycles. The van der Waals surface area contributed by atoms with Crippen molar-refractivity contribution in [1.29, 1.82) is 0 Å². The Bertz CT molecular complexity index is 924. The molecule has 0 bridgehead atoms. The second-order valence-electron chi connectivity index (χ2n) is 6.85. The van der Waals surface area contributed by atoms with E-state index < -0.39 is 6.04 Å². The molecule has 0 aromatic heterocycles. The van der Waals surface area contributed by atoms with Crippen molar-refractivity contribution >= 4 is 58.2 Å². The van der Waals surface area contributed by atoms with Gasteiger partial charge in [-0.3, -0.25) is 9.59 Å². The van der Waals surface area contributed by atoms with Crippen LogP contribution >= 0.6 is 46.4 Å². The molecular weight excluding hydrogens is 482 g/mol. The van der Waals surface area contributed by atoms with Crippen molar-refractivity contribution in [3.63, 3.8) is 0 Å². The second kappa shape index (κ2) is 12.4. The maximum absolute atomic E-state index is 13.1. The lowest BCUT2D eigenvalue weighted by atomic mass is 10.1. The standard InChI is InChI=1S/C22H24Cl4N2O3/c1-3-9-27-22(30)19(4-2)28(12-14-5-7-16(24)17(25)10-14)21(29)13-31-20-8-6-15(23)11-18(20)26/h5-8,10-11,19H,3-4,9,12-13H2,1-2H3,(H,27,30)/t19-/m0/s1. The molecule has 0 heterocycles. The number of carbonyl (C=O) groups excluding carboxylic acids is 2. The average Bonchev–Trinajstić information content (AvgIpc) is 2.73. The van der Waals surface area contributed by atoms with Gasteiger partial charge in [-0.15, -0.1) is 0 Å². The van der Waals surface area contributed by atoms with Gasteiger partial charge in [-0.25, -0.2) is 0 Å². The maximum Gasteiger partial charge on any atom is 0.261 e. The minimum absolute atomic E-state index is 0.172. The molecule has 5 nitrogen and oxygen atoms in total. The molecule has 2 rings (SSSR count). The summed E-state index contributed by atoms with van der Waals surface area (Å²) in [6, 6.07) is 9.17. The van der Waals surface area contributed by atoms with E-state index in [1.54, 1.807) is 30.3 Å². The predicted octanol–water partition coefficient (Wildman–Crippen LogP) is 6.01. The van der Waals surface area contributed by atoms with Gasteiger partial charge in [0.15, 0.2) is 6.61 Å². The van der Waals surface area contributed by atoms with E-state index in [-0.39, 0.29) is 25.0 Å². The van der Waals surface area contributed by atoms with Gasteiger partial charge in [0, 0.05) is 18.1 Å². The molecule has 2 aromatic carbocycles. The summed E-state index contributed by atoms with van der Waals surface area (Å²) in [5.74, 6) is -0.254. The van der Waals surface area contributed by atoms with Crippen LogP contribution in [0.15, 0.2) is 36.4 Å². The number of halogens is 4. The zero-order valence-electron chi connectivity index (χ0n) is 17.3. The van der Waals surface area contributed by atoms with Crippen LogP contribution in [0.4, 0.5) is 0 Å². The van der Waals surface area contributed by atoms with Crippen LogP contribution in [0.2, 0.25) is 20.1 Å². The van der Waals surface area contributed by atoms with Crippen molar-refractivity contribution in [2.24, 2.45) is 0 Å². The van der Waals surface area contributed by atoms with E-state index >= 15 is 0 Å². The largest absolute Gasteiger partial charge is 0.482 e. The van der Waals surface area contributed by atoms with Gasteiger partial charge in [-0.05, 0) is 48.7 Å². The average molecular weight is 506 g/mol. The Morgan fingerprint density at radius 1 is 1.00 bits per heavy atom. The fourth-order valence-electron chi connectivity index (χ4n) is 2.93. The van der Waals surface area contributed by atoms with E-state index in [4.69, 9.17) is 51.1 Å². The summed E-state index contributed by atoms with van der Waals surface area (Å²) in [6.07, 6.45) is 1.23. The molecule has 2 aromatic rings. The molecule has 1 atom stereocenters. The number of amides is 2. The predicted molar refractivity (Wildman–Crippen MR) is 126 cm³/mol. The first-order chi connectivity index (χ1) is 14.8. The Labute approximate surface area is 202 Å². The molecule has 31 heavy (non-hydrogen) atoms. The van der Waals surface area contributed by atoms with E-state index in [1.807, 2.05) is 13.8 Å². The third-order valence-corrected chi connectivity index (χ3v) is 5.79. The van der Waals surface area contributed by atoms with Crippen LogP contribution in [0.25, 0.3) is 0 Å². The van der Waals surface area contributed by atoms with Crippen molar-refractivity contribution in [3.8, 4) is 5.75 Å². The van der Waals surface area contributed by atoms with Crippen molar-refractivity contribution in [2.45, 2.75) is 39.3 Å². The zero-order valence-corrected chi connectivity index (χ0v) is 20.3. The quantitative estimate of drug-likeness (QED) is 0.430. The number of hydrogen-bond donors (Lipinski definition) is 1. The summed E-state index contributed by atoms with van der Waals surface area (Å²) in [5, 5.41) is 4.40. The highest BCUT2D eigenvalue weighted by Gasteiger charge is 2.29. The Balaban J connectivity index is 2.24. The van der Waals surface area contributed by atoms with E-state index in [0.29, 0.717) is 38.8 Å². The molecule has 0 saturated carbocycles. The van der Waals surface area contributed by atoms with Crippen LogP contribution in [-0.2, 0) is 16.1 Å². The SMILES string of the molecule is CCCNC(=O)[C@H](CC)N(Cc1ccc(Cl)c(Cl)c1)C(=O)COc1ccc(Cl)cc1Cl. The minimum atomic E-state index is -0.669. The molecule has 0 fully saturated rings. The molecule has 168 valence electrons. The summed E-state index contributed by atoms with van der Waals surface area (Å²) in [4.78, 5) is 27.3. The molecule has 0 radical (unpaired) electrons. The van der Waals surface area contributed by atoms with E-state index in [9.17, 15) is 9.59 Å². The third-order valence-electron chi connectivity index (χ3n) is 4.52. The lowest BCUT2D eigenvalue weighted by molar-refractivity contribution is -0.143. The van der Waals surface area contributed by atoms with Crippen LogP contribution in [0.3, 0.4) is 0 Å². The molecule has 1 N–H and O–H groups in total. The van der Waals surface area contributed by atoms with Crippen molar-refractivity contribution < 1.29 is 14.3 Å². The monoisotopic (exact) mass is 504 g/mol. The van der Waals surface area contributed by atoms with Gasteiger partial charge < -0.3 is 15.0 Å². The number of ether oxygens (including phenoxy) is 1. The van der Waals surface area contributed by atoms with Gasteiger partial charge in [0.1, 0.15) is 11.8 Å². The number of carbonyl (C=O) groups is 2. The molecule has 0 spiro atoms. The number of benzene rings is 2. The lowest BCUT2D eigenvalue weighted by Crippen LogP contribution is -2.50. The van der Waals surface area contributed by atoms with Crippen molar-refractivity contribution in [2.75, 3.05) is 13.2 Å². The lowest BCUT2D eigenvalue weighted by Gasteiger charge is -2.30. The minimum Gasteiger partial charge on any atom is -0.482 e. The van der Waals surface area contributed by atoms with Gasteiger partial charge in [-0.2, -0.15) is 0 Å². The Hall–Kier alpha value is -1.66. The molecular formula is C22H24Cl4N2O3. The fourth-order valence-corrected chi connectivity index (χ4v) is 3.72. The van der Waals surface area contributed by atoms with Crippen molar-refractivity contribution in [3.05, 3.63) is 62.1 Å². The smallest absolute Gasteiger partial charge is 0.261 e. The fraction of sp³-hybridized carbons (Fsp3) is 0.364. The molecule has 0 unspecified atom stereocenters. The second-order valence-corrected chi connectivity index (χ2v) is 8.51.